The van der Waals surface area contributed by atoms with Crippen LogP contribution in [0.25, 0.3) is 11.0 Å². The van der Waals surface area contributed by atoms with Gasteiger partial charge in [0.1, 0.15) is 5.75 Å². The largest absolute Gasteiger partial charge is 0.573 e. The summed E-state index contributed by atoms with van der Waals surface area (Å²) >= 11 is 0. The number of ether oxygens (including phenoxy) is 1. The number of amides is 1. The lowest BCUT2D eigenvalue weighted by Gasteiger charge is -2.33. The maximum atomic E-state index is 12.6. The Hall–Kier alpha value is -3.23. The summed E-state index contributed by atoms with van der Waals surface area (Å²) in [5.41, 5.74) is 2.78. The van der Waals surface area contributed by atoms with Crippen molar-refractivity contribution >= 4 is 28.6 Å². The van der Waals surface area contributed by atoms with Gasteiger partial charge in [-0.25, -0.2) is 4.98 Å². The molecule has 3 aromatic rings. The number of hydrogen-bond donors (Lipinski definition) is 1. The maximum Gasteiger partial charge on any atom is 0.573 e. The Bertz CT molecular complexity index is 1160. The number of aromatic nitrogens is 2. The van der Waals surface area contributed by atoms with E-state index >= 15 is 0 Å². The van der Waals surface area contributed by atoms with Crippen molar-refractivity contribution < 1.29 is 22.7 Å². The minimum Gasteiger partial charge on any atom is -0.406 e. The molecule has 1 N–H and O–H groups in total. The lowest BCUT2D eigenvalue weighted by atomic mass is 9.80. The fourth-order valence-electron chi connectivity index (χ4n) is 4.93. The summed E-state index contributed by atoms with van der Waals surface area (Å²) in [5, 5.41) is 3.27. The summed E-state index contributed by atoms with van der Waals surface area (Å²) in [5.74, 6) is 1.32. The second-order valence-electron chi connectivity index (χ2n) is 9.48. The third-order valence-corrected chi connectivity index (χ3v) is 6.21. The quantitative estimate of drug-likeness (QED) is 0.466. The number of rotatable bonds is 5. The lowest BCUT2D eigenvalue weighted by molar-refractivity contribution is -0.274. The van der Waals surface area contributed by atoms with Gasteiger partial charge in [-0.15, -0.1) is 13.2 Å². The van der Waals surface area contributed by atoms with Gasteiger partial charge in [0.05, 0.1) is 11.0 Å². The van der Waals surface area contributed by atoms with Crippen LogP contribution in [0.3, 0.4) is 0 Å². The normalized spacial score (nSPS) is 20.9. The zero-order chi connectivity index (χ0) is 24.6. The Labute approximate surface area is 196 Å². The van der Waals surface area contributed by atoms with Crippen LogP contribution in [0.4, 0.5) is 24.8 Å². The Balaban J connectivity index is 1.73. The fraction of sp³-hybridized carbons (Fsp3) is 0.440. The van der Waals surface area contributed by atoms with E-state index in [9.17, 15) is 18.0 Å². The summed E-state index contributed by atoms with van der Waals surface area (Å²) in [7, 11) is 3.43. The Morgan fingerprint density at radius 3 is 2.29 bits per heavy atom. The summed E-state index contributed by atoms with van der Waals surface area (Å²) < 4.78 is 43.6. The predicted octanol–water partition coefficient (Wildman–Crippen LogP) is 6.38. The van der Waals surface area contributed by atoms with Crippen molar-refractivity contribution in [3.63, 3.8) is 0 Å². The van der Waals surface area contributed by atoms with Gasteiger partial charge < -0.3 is 19.5 Å². The average molecular weight is 475 g/mol. The molecule has 6 nitrogen and oxygen atoms in total. The van der Waals surface area contributed by atoms with Crippen LogP contribution >= 0.6 is 0 Å². The van der Waals surface area contributed by atoms with Gasteiger partial charge in [0.15, 0.2) is 0 Å². The monoisotopic (exact) mass is 474 g/mol. The summed E-state index contributed by atoms with van der Waals surface area (Å²) in [6, 6.07) is 11.2. The molecule has 2 aromatic carbocycles. The first-order chi connectivity index (χ1) is 16.0. The molecule has 2 unspecified atom stereocenters. The molecule has 0 radical (unpaired) electrons. The number of benzene rings is 2. The Morgan fingerprint density at radius 2 is 1.71 bits per heavy atom. The van der Waals surface area contributed by atoms with Gasteiger partial charge in [-0.2, -0.15) is 0 Å². The zero-order valence-corrected chi connectivity index (χ0v) is 19.7. The second kappa shape index (κ2) is 9.19. The van der Waals surface area contributed by atoms with Gasteiger partial charge in [0.2, 0.25) is 5.95 Å². The molecule has 2 atom stereocenters. The molecule has 9 heteroatoms. The van der Waals surface area contributed by atoms with Crippen molar-refractivity contribution in [1.82, 2.24) is 14.5 Å². The van der Waals surface area contributed by atoms with Gasteiger partial charge in [-0.1, -0.05) is 13.8 Å². The van der Waals surface area contributed by atoms with Crippen molar-refractivity contribution in [3.05, 3.63) is 48.0 Å². The smallest absolute Gasteiger partial charge is 0.406 e. The molecule has 1 aliphatic carbocycles. The highest BCUT2D eigenvalue weighted by Gasteiger charge is 2.31. The van der Waals surface area contributed by atoms with Crippen LogP contribution < -0.4 is 10.1 Å². The highest BCUT2D eigenvalue weighted by molar-refractivity contribution is 5.97. The number of carbonyl (C=O) groups excluding carboxylic acids is 1. The van der Waals surface area contributed by atoms with E-state index in [4.69, 9.17) is 4.98 Å². The molecule has 0 aliphatic heterocycles. The van der Waals surface area contributed by atoms with Crippen molar-refractivity contribution in [3.8, 4) is 5.75 Å². The molecule has 0 spiro atoms. The van der Waals surface area contributed by atoms with E-state index < -0.39 is 6.36 Å². The minimum atomic E-state index is -4.74. The van der Waals surface area contributed by atoms with Gasteiger partial charge in [0.25, 0.3) is 5.91 Å². The van der Waals surface area contributed by atoms with Crippen LogP contribution in [0.2, 0.25) is 0 Å². The van der Waals surface area contributed by atoms with Gasteiger partial charge in [-0.05, 0) is 73.6 Å². The molecule has 1 fully saturated rings. The fourth-order valence-corrected chi connectivity index (χ4v) is 4.93. The molecule has 1 aliphatic rings. The molecule has 1 amide bonds. The van der Waals surface area contributed by atoms with E-state index in [1.165, 1.54) is 29.2 Å². The molecular weight excluding hydrogens is 445 g/mol. The first kappa shape index (κ1) is 23.9. The van der Waals surface area contributed by atoms with E-state index in [1.807, 2.05) is 12.1 Å². The number of alkyl halides is 3. The summed E-state index contributed by atoms with van der Waals surface area (Å²) in [6.45, 7) is 4.49. The number of hydrogen-bond acceptors (Lipinski definition) is 4. The summed E-state index contributed by atoms with van der Waals surface area (Å²) in [6.07, 6.45) is -1.61. The van der Waals surface area contributed by atoms with E-state index in [-0.39, 0.29) is 17.7 Å². The van der Waals surface area contributed by atoms with Crippen LogP contribution in [0.1, 0.15) is 49.5 Å². The molecule has 0 bridgehead atoms. The second-order valence-corrected chi connectivity index (χ2v) is 9.48. The number of anilines is 2. The van der Waals surface area contributed by atoms with Crippen LogP contribution in [-0.2, 0) is 0 Å². The minimum absolute atomic E-state index is 0.0882. The van der Waals surface area contributed by atoms with Gasteiger partial charge >= 0.3 is 6.36 Å². The van der Waals surface area contributed by atoms with E-state index in [0.29, 0.717) is 29.0 Å². The van der Waals surface area contributed by atoms with Crippen molar-refractivity contribution in [2.75, 3.05) is 19.4 Å². The maximum absolute atomic E-state index is 12.6. The third kappa shape index (κ3) is 5.29. The number of carbonyl (C=O) groups is 1. The molecule has 4 rings (SSSR count). The number of fused-ring (bicyclic) bond motifs is 1. The van der Waals surface area contributed by atoms with E-state index in [1.54, 1.807) is 20.2 Å². The molecular formula is C25H29F3N4O2. The number of nitrogens with zero attached hydrogens (tertiary/aromatic N) is 3. The lowest BCUT2D eigenvalue weighted by Crippen LogP contribution is -2.24. The van der Waals surface area contributed by atoms with Crippen LogP contribution in [-0.4, -0.2) is 40.8 Å². The van der Waals surface area contributed by atoms with E-state index in [2.05, 4.69) is 28.5 Å². The Morgan fingerprint density at radius 1 is 1.06 bits per heavy atom. The standard InChI is InChI=1S/C25H29F3N4O2/c1-15-11-16(2)13-19(12-15)32-22-14-17(23(33)31(3)4)5-10-21(22)30-24(32)29-18-6-8-20(9-7-18)34-25(26,27)28/h5-10,14-16,19H,11-13H2,1-4H3,(H,29,30). The highest BCUT2D eigenvalue weighted by Crippen LogP contribution is 2.40. The first-order valence-electron chi connectivity index (χ1n) is 11.4. The van der Waals surface area contributed by atoms with Crippen molar-refractivity contribution in [1.29, 1.82) is 0 Å². The SMILES string of the molecule is CC1CC(C)CC(n2c(Nc3ccc(OC(F)(F)F)cc3)nc3ccc(C(=O)N(C)C)cc32)C1. The average Bonchev–Trinajstić information content (AvgIpc) is 3.09. The molecule has 34 heavy (non-hydrogen) atoms. The molecule has 1 heterocycles. The van der Waals surface area contributed by atoms with Crippen molar-refractivity contribution in [2.24, 2.45) is 11.8 Å². The van der Waals surface area contributed by atoms with E-state index in [0.717, 1.165) is 30.3 Å². The zero-order valence-electron chi connectivity index (χ0n) is 19.7. The van der Waals surface area contributed by atoms with Crippen molar-refractivity contribution in [2.45, 2.75) is 45.5 Å². The van der Waals surface area contributed by atoms with Crippen LogP contribution in [0.5, 0.6) is 5.75 Å². The topological polar surface area (TPSA) is 59.4 Å². The molecule has 0 saturated heterocycles. The predicted molar refractivity (Wildman–Crippen MR) is 125 cm³/mol. The molecule has 182 valence electrons. The third-order valence-electron chi connectivity index (χ3n) is 6.21. The number of nitrogens with one attached hydrogen (secondary N) is 1. The molecule has 1 saturated carbocycles. The van der Waals surface area contributed by atoms with Gasteiger partial charge in [0, 0.05) is 31.4 Å². The van der Waals surface area contributed by atoms with Crippen LogP contribution in [0.15, 0.2) is 42.5 Å². The Kier molecular flexibility index (Phi) is 6.47. The first-order valence-corrected chi connectivity index (χ1v) is 11.4. The summed E-state index contributed by atoms with van der Waals surface area (Å²) in [4.78, 5) is 18.9. The highest BCUT2D eigenvalue weighted by atomic mass is 19.4. The number of imidazole rings is 1. The van der Waals surface area contributed by atoms with Gasteiger partial charge in [-0.3, -0.25) is 4.79 Å². The molecule has 1 aromatic heterocycles. The van der Waals surface area contributed by atoms with Crippen LogP contribution in [0, 0.1) is 11.8 Å². The number of halogens is 3.